The smallest absolute Gasteiger partial charge is 0.115 e. The highest BCUT2D eigenvalue weighted by atomic mass is 16.3. The van der Waals surface area contributed by atoms with Crippen LogP contribution in [0.25, 0.3) is 0 Å². The van der Waals surface area contributed by atoms with Gasteiger partial charge in [0.2, 0.25) is 0 Å². The Morgan fingerprint density at radius 3 is 2.42 bits per heavy atom. The molecule has 0 aliphatic carbocycles. The van der Waals surface area contributed by atoms with E-state index in [1.54, 1.807) is 12.1 Å². The molecule has 1 heterocycles. The van der Waals surface area contributed by atoms with Gasteiger partial charge in [-0.15, -0.1) is 0 Å². The van der Waals surface area contributed by atoms with E-state index in [-0.39, 0.29) is 24.4 Å². The molecular weight excluding hydrogens is 302 g/mol. The summed E-state index contributed by atoms with van der Waals surface area (Å²) in [5, 5.41) is 30.4. The molecule has 0 saturated carbocycles. The Labute approximate surface area is 143 Å². The van der Waals surface area contributed by atoms with Crippen LogP contribution in [-0.2, 0) is 5.60 Å². The van der Waals surface area contributed by atoms with Gasteiger partial charge in [-0.05, 0) is 36.6 Å². The van der Waals surface area contributed by atoms with Gasteiger partial charge in [0.1, 0.15) is 5.75 Å². The molecule has 4 heteroatoms. The van der Waals surface area contributed by atoms with Crippen LogP contribution >= 0.6 is 0 Å². The van der Waals surface area contributed by atoms with E-state index < -0.39 is 5.60 Å². The maximum absolute atomic E-state index is 11.3. The Hall–Kier alpha value is -1.88. The molecule has 128 valence electrons. The minimum atomic E-state index is -0.879. The minimum Gasteiger partial charge on any atom is -0.508 e. The molecule has 1 aliphatic rings. The summed E-state index contributed by atoms with van der Waals surface area (Å²) < 4.78 is 0. The van der Waals surface area contributed by atoms with Crippen LogP contribution in [0.2, 0.25) is 0 Å². The van der Waals surface area contributed by atoms with Crippen molar-refractivity contribution in [3.8, 4) is 5.75 Å². The summed E-state index contributed by atoms with van der Waals surface area (Å²) in [5.41, 5.74) is 1.10. The van der Waals surface area contributed by atoms with Gasteiger partial charge in [0.05, 0.1) is 12.2 Å². The molecule has 3 atom stereocenters. The van der Waals surface area contributed by atoms with Crippen LogP contribution in [0.1, 0.15) is 36.9 Å². The van der Waals surface area contributed by atoms with Gasteiger partial charge in [-0.1, -0.05) is 42.5 Å². The van der Waals surface area contributed by atoms with Crippen molar-refractivity contribution >= 4 is 0 Å². The largest absolute Gasteiger partial charge is 0.508 e. The Morgan fingerprint density at radius 1 is 1.12 bits per heavy atom. The predicted octanol–water partition coefficient (Wildman–Crippen LogP) is 2.80. The number of aliphatic hydroxyl groups excluding tert-OH is 1. The van der Waals surface area contributed by atoms with Gasteiger partial charge >= 0.3 is 0 Å². The lowest BCUT2D eigenvalue weighted by atomic mass is 9.78. The lowest BCUT2D eigenvalue weighted by Crippen LogP contribution is -2.49. The number of aromatic hydroxyl groups is 1. The van der Waals surface area contributed by atoms with Gasteiger partial charge in [0.15, 0.2) is 0 Å². The van der Waals surface area contributed by atoms with Gasteiger partial charge in [0, 0.05) is 25.0 Å². The lowest BCUT2D eigenvalue weighted by Gasteiger charge is -2.46. The quantitative estimate of drug-likeness (QED) is 0.808. The lowest BCUT2D eigenvalue weighted by molar-refractivity contribution is -0.0690. The summed E-state index contributed by atoms with van der Waals surface area (Å²) in [6, 6.07) is 16.9. The maximum Gasteiger partial charge on any atom is 0.115 e. The highest BCUT2D eigenvalue weighted by Gasteiger charge is 2.41. The summed E-state index contributed by atoms with van der Waals surface area (Å²) in [4.78, 5) is 2.24. The van der Waals surface area contributed by atoms with Crippen molar-refractivity contribution < 1.29 is 15.3 Å². The van der Waals surface area contributed by atoms with Gasteiger partial charge < -0.3 is 15.3 Å². The first kappa shape index (κ1) is 17.0. The molecule has 3 unspecified atom stereocenters. The Kier molecular flexibility index (Phi) is 4.90. The van der Waals surface area contributed by atoms with E-state index in [1.807, 2.05) is 49.4 Å². The van der Waals surface area contributed by atoms with Crippen LogP contribution in [-0.4, -0.2) is 39.4 Å². The molecule has 0 radical (unpaired) electrons. The Balaban J connectivity index is 1.94. The van der Waals surface area contributed by atoms with Crippen molar-refractivity contribution in [3.05, 3.63) is 65.7 Å². The number of likely N-dealkylation sites (tertiary alicyclic amines) is 1. The SMILES string of the molecule is CC(CO)N1CCC(O)(c2ccccc2)CC1c1ccc(O)cc1. The molecule has 2 aromatic rings. The molecule has 3 rings (SSSR count). The highest BCUT2D eigenvalue weighted by Crippen LogP contribution is 2.43. The number of nitrogens with zero attached hydrogens (tertiary/aromatic N) is 1. The number of hydrogen-bond acceptors (Lipinski definition) is 4. The predicted molar refractivity (Wildman–Crippen MR) is 93.7 cm³/mol. The van der Waals surface area contributed by atoms with Crippen LogP contribution in [0, 0.1) is 0 Å². The second-order valence-corrected chi connectivity index (χ2v) is 6.73. The van der Waals surface area contributed by atoms with Crippen LogP contribution in [0.15, 0.2) is 54.6 Å². The second-order valence-electron chi connectivity index (χ2n) is 6.73. The topological polar surface area (TPSA) is 63.9 Å². The molecule has 3 N–H and O–H groups in total. The maximum atomic E-state index is 11.3. The van der Waals surface area contributed by atoms with E-state index in [1.165, 1.54) is 0 Å². The zero-order chi connectivity index (χ0) is 17.2. The molecule has 1 aliphatic heterocycles. The van der Waals surface area contributed by atoms with E-state index in [2.05, 4.69) is 4.90 Å². The van der Waals surface area contributed by atoms with Crippen LogP contribution in [0.4, 0.5) is 0 Å². The first-order valence-corrected chi connectivity index (χ1v) is 8.47. The van der Waals surface area contributed by atoms with Crippen LogP contribution < -0.4 is 0 Å². The number of rotatable bonds is 4. The molecular formula is C20H25NO3. The molecule has 1 saturated heterocycles. The van der Waals surface area contributed by atoms with E-state index in [0.717, 1.165) is 11.1 Å². The van der Waals surface area contributed by atoms with Gasteiger partial charge in [-0.25, -0.2) is 0 Å². The molecule has 4 nitrogen and oxygen atoms in total. The molecule has 0 amide bonds. The molecule has 1 fully saturated rings. The number of hydrogen-bond donors (Lipinski definition) is 3. The monoisotopic (exact) mass is 327 g/mol. The number of aliphatic hydroxyl groups is 2. The molecule has 24 heavy (non-hydrogen) atoms. The standard InChI is InChI=1S/C20H25NO3/c1-15(14-22)21-12-11-20(24,17-5-3-2-4-6-17)13-19(21)16-7-9-18(23)10-8-16/h2-10,15,19,22-24H,11-14H2,1H3. The van der Waals surface area contributed by atoms with E-state index in [0.29, 0.717) is 19.4 Å². The molecule has 2 aromatic carbocycles. The number of phenolic OH excluding ortho intramolecular Hbond substituents is 1. The van der Waals surface area contributed by atoms with Crippen molar-refractivity contribution in [1.29, 1.82) is 0 Å². The Morgan fingerprint density at radius 2 is 1.79 bits per heavy atom. The van der Waals surface area contributed by atoms with Crippen molar-refractivity contribution in [3.63, 3.8) is 0 Å². The zero-order valence-corrected chi connectivity index (χ0v) is 14.0. The average molecular weight is 327 g/mol. The third-order valence-electron chi connectivity index (χ3n) is 5.13. The Bertz CT molecular complexity index is 658. The van der Waals surface area contributed by atoms with Crippen molar-refractivity contribution in [2.24, 2.45) is 0 Å². The third kappa shape index (κ3) is 3.31. The summed E-state index contributed by atoms with van der Waals surface area (Å²) in [6.45, 7) is 2.79. The first-order valence-electron chi connectivity index (χ1n) is 8.47. The van der Waals surface area contributed by atoms with E-state index in [9.17, 15) is 15.3 Å². The molecule has 0 aromatic heterocycles. The van der Waals surface area contributed by atoms with Crippen LogP contribution in [0.3, 0.4) is 0 Å². The highest BCUT2D eigenvalue weighted by molar-refractivity contribution is 5.31. The van der Waals surface area contributed by atoms with E-state index >= 15 is 0 Å². The fourth-order valence-corrected chi connectivity index (χ4v) is 3.66. The average Bonchev–Trinajstić information content (AvgIpc) is 2.62. The normalized spacial score (nSPS) is 26.2. The number of piperidine rings is 1. The summed E-state index contributed by atoms with van der Waals surface area (Å²) in [5.74, 6) is 0.231. The number of phenols is 1. The molecule has 0 spiro atoms. The zero-order valence-electron chi connectivity index (χ0n) is 14.0. The summed E-state index contributed by atoms with van der Waals surface area (Å²) >= 11 is 0. The fraction of sp³-hybridized carbons (Fsp3) is 0.400. The summed E-state index contributed by atoms with van der Waals surface area (Å²) in [7, 11) is 0. The van der Waals surface area contributed by atoms with Gasteiger partial charge in [-0.2, -0.15) is 0 Å². The van der Waals surface area contributed by atoms with E-state index in [4.69, 9.17) is 0 Å². The third-order valence-corrected chi connectivity index (χ3v) is 5.13. The summed E-state index contributed by atoms with van der Waals surface area (Å²) in [6.07, 6.45) is 1.20. The van der Waals surface area contributed by atoms with Crippen molar-refractivity contribution in [1.82, 2.24) is 4.90 Å². The second kappa shape index (κ2) is 6.93. The van der Waals surface area contributed by atoms with Gasteiger partial charge in [-0.3, -0.25) is 4.90 Å². The number of benzene rings is 2. The molecule has 0 bridgehead atoms. The minimum absolute atomic E-state index is 0.00768. The van der Waals surface area contributed by atoms with Gasteiger partial charge in [0.25, 0.3) is 0 Å². The fourth-order valence-electron chi connectivity index (χ4n) is 3.66. The first-order chi connectivity index (χ1) is 11.5. The van der Waals surface area contributed by atoms with Crippen LogP contribution in [0.5, 0.6) is 5.75 Å². The van der Waals surface area contributed by atoms with Crippen molar-refractivity contribution in [2.75, 3.05) is 13.2 Å². The van der Waals surface area contributed by atoms with Crippen molar-refractivity contribution in [2.45, 2.75) is 37.5 Å².